The van der Waals surface area contributed by atoms with Crippen LogP contribution in [0.5, 0.6) is 0 Å². The molecule has 4 rings (SSSR count). The number of nitrogens with zero attached hydrogens (tertiary/aromatic N) is 1. The van der Waals surface area contributed by atoms with Crippen LogP contribution in [0.25, 0.3) is 11.1 Å². The Morgan fingerprint density at radius 1 is 1.03 bits per heavy atom. The highest BCUT2D eigenvalue weighted by Crippen LogP contribution is 2.44. The van der Waals surface area contributed by atoms with Crippen molar-refractivity contribution in [1.82, 2.24) is 10.2 Å². The number of hydrogen-bond acceptors (Lipinski definition) is 5. The highest BCUT2D eigenvalue weighted by atomic mass is 32.1. The second kappa shape index (κ2) is 10.7. The molecule has 1 heterocycles. The Labute approximate surface area is 208 Å². The van der Waals surface area contributed by atoms with Crippen LogP contribution in [-0.2, 0) is 14.3 Å². The number of amides is 2. The van der Waals surface area contributed by atoms with E-state index in [0.29, 0.717) is 11.4 Å². The second-order valence-corrected chi connectivity index (χ2v) is 9.47. The molecule has 0 radical (unpaired) electrons. The summed E-state index contributed by atoms with van der Waals surface area (Å²) in [6.07, 6.45) is -0.873. The maximum absolute atomic E-state index is 13.4. The van der Waals surface area contributed by atoms with Crippen molar-refractivity contribution in [2.24, 2.45) is 0 Å². The number of thiophene rings is 1. The first kappa shape index (κ1) is 24.5. The number of aliphatic carboxylic acids is 1. The van der Waals surface area contributed by atoms with Gasteiger partial charge in [-0.2, -0.15) is 0 Å². The molecule has 2 aromatic carbocycles. The Bertz CT molecular complexity index is 1160. The van der Waals surface area contributed by atoms with Crippen molar-refractivity contribution in [3.63, 3.8) is 0 Å². The number of benzene rings is 2. The van der Waals surface area contributed by atoms with E-state index in [1.807, 2.05) is 41.8 Å². The Morgan fingerprint density at radius 3 is 2.20 bits per heavy atom. The number of rotatable bonds is 9. The molecule has 0 aliphatic heterocycles. The quantitative estimate of drug-likeness (QED) is 0.436. The molecule has 0 saturated heterocycles. The molecule has 0 fully saturated rings. The summed E-state index contributed by atoms with van der Waals surface area (Å²) in [5, 5.41) is 13.7. The minimum atomic E-state index is -0.985. The molecular weight excluding hydrogens is 464 g/mol. The number of hydrogen-bond donors (Lipinski definition) is 2. The summed E-state index contributed by atoms with van der Waals surface area (Å²) in [4.78, 5) is 39.6. The Balaban J connectivity index is 1.49. The summed E-state index contributed by atoms with van der Waals surface area (Å²) in [6.45, 7) is 3.93. The summed E-state index contributed by atoms with van der Waals surface area (Å²) in [5.74, 6) is -1.44. The number of carboxylic acid groups (broad SMARTS) is 1. The lowest BCUT2D eigenvalue weighted by molar-refractivity contribution is -0.141. The van der Waals surface area contributed by atoms with Crippen molar-refractivity contribution in [2.45, 2.75) is 38.3 Å². The van der Waals surface area contributed by atoms with Crippen molar-refractivity contribution in [3.05, 3.63) is 82.0 Å². The fraction of sp³-hybridized carbons (Fsp3) is 0.296. The Kier molecular flexibility index (Phi) is 7.51. The summed E-state index contributed by atoms with van der Waals surface area (Å²) >= 11 is 1.35. The van der Waals surface area contributed by atoms with Crippen molar-refractivity contribution in [2.75, 3.05) is 13.2 Å². The molecule has 7 nitrogen and oxygen atoms in total. The standard InChI is InChI=1S/C27H28N2O5S/c1-3-29(17(2)15-24(30)31)26(32)25(23-13-8-14-35-23)28-27(33)34-16-22-20-11-6-4-9-18(20)19-10-5-7-12-21(19)22/h4-14,17,22,25H,3,15-16H2,1-2H3,(H,28,33)(H,30,31). The number of carbonyl (C=O) groups is 3. The van der Waals surface area contributed by atoms with Gasteiger partial charge < -0.3 is 20.1 Å². The number of carboxylic acids is 1. The van der Waals surface area contributed by atoms with Crippen molar-refractivity contribution < 1.29 is 24.2 Å². The van der Waals surface area contributed by atoms with Crippen molar-refractivity contribution in [1.29, 1.82) is 0 Å². The van der Waals surface area contributed by atoms with Gasteiger partial charge in [0.05, 0.1) is 6.42 Å². The zero-order valence-corrected chi connectivity index (χ0v) is 20.5. The van der Waals surface area contributed by atoms with Crippen LogP contribution < -0.4 is 5.32 Å². The van der Waals surface area contributed by atoms with Crippen molar-refractivity contribution >= 4 is 29.3 Å². The number of ether oxygens (including phenoxy) is 1. The highest BCUT2D eigenvalue weighted by Gasteiger charge is 2.33. The van der Waals surface area contributed by atoms with E-state index in [0.717, 1.165) is 22.3 Å². The van der Waals surface area contributed by atoms with E-state index in [9.17, 15) is 14.4 Å². The van der Waals surface area contributed by atoms with Gasteiger partial charge in [0, 0.05) is 23.4 Å². The monoisotopic (exact) mass is 492 g/mol. The number of fused-ring (bicyclic) bond motifs is 3. The molecule has 2 amide bonds. The van der Waals surface area contributed by atoms with Crippen LogP contribution in [-0.4, -0.2) is 47.2 Å². The SMILES string of the molecule is CCN(C(=O)C(NC(=O)OCC1c2ccccc2-c2ccccc21)c1cccs1)C(C)CC(=O)O. The van der Waals surface area contributed by atoms with Crippen molar-refractivity contribution in [3.8, 4) is 11.1 Å². The van der Waals surface area contributed by atoms with E-state index in [1.165, 1.54) is 16.2 Å². The molecular formula is C27H28N2O5S. The molecule has 35 heavy (non-hydrogen) atoms. The molecule has 2 atom stereocenters. The van der Waals surface area contributed by atoms with E-state index in [4.69, 9.17) is 9.84 Å². The van der Waals surface area contributed by atoms with E-state index in [2.05, 4.69) is 17.4 Å². The molecule has 2 unspecified atom stereocenters. The minimum absolute atomic E-state index is 0.0910. The summed E-state index contributed by atoms with van der Waals surface area (Å²) in [7, 11) is 0. The third kappa shape index (κ3) is 5.22. The lowest BCUT2D eigenvalue weighted by Crippen LogP contribution is -2.47. The molecule has 8 heteroatoms. The predicted octanol–water partition coefficient (Wildman–Crippen LogP) is 5.04. The van der Waals surface area contributed by atoms with Gasteiger partial charge in [0.2, 0.25) is 0 Å². The van der Waals surface area contributed by atoms with Gasteiger partial charge in [0.15, 0.2) is 0 Å². The van der Waals surface area contributed by atoms with Crippen LogP contribution in [0.1, 0.15) is 48.2 Å². The maximum atomic E-state index is 13.4. The average molecular weight is 493 g/mol. The first-order valence-corrected chi connectivity index (χ1v) is 12.5. The molecule has 1 aromatic heterocycles. The van der Waals surface area contributed by atoms with Gasteiger partial charge in [-0.1, -0.05) is 54.6 Å². The van der Waals surface area contributed by atoms with Gasteiger partial charge in [0.1, 0.15) is 12.6 Å². The van der Waals surface area contributed by atoms with E-state index >= 15 is 0 Å². The lowest BCUT2D eigenvalue weighted by atomic mass is 9.98. The third-order valence-corrected chi connectivity index (χ3v) is 7.24. The summed E-state index contributed by atoms with van der Waals surface area (Å²) in [5.41, 5.74) is 4.48. The maximum Gasteiger partial charge on any atom is 0.408 e. The zero-order chi connectivity index (χ0) is 24.9. The molecule has 0 spiro atoms. The first-order chi connectivity index (χ1) is 16.9. The predicted molar refractivity (Wildman–Crippen MR) is 134 cm³/mol. The Hall–Kier alpha value is -3.65. The van der Waals surface area contributed by atoms with Gasteiger partial charge in [-0.05, 0) is 47.5 Å². The van der Waals surface area contributed by atoms with Crippen LogP contribution in [0.2, 0.25) is 0 Å². The number of carbonyl (C=O) groups excluding carboxylic acids is 2. The van der Waals surface area contributed by atoms with Crippen LogP contribution in [0.15, 0.2) is 66.0 Å². The molecule has 0 saturated carbocycles. The Morgan fingerprint density at radius 2 is 1.66 bits per heavy atom. The van der Waals surface area contributed by atoms with Gasteiger partial charge in [0.25, 0.3) is 5.91 Å². The van der Waals surface area contributed by atoms with Gasteiger partial charge in [-0.3, -0.25) is 9.59 Å². The van der Waals surface area contributed by atoms with Crippen LogP contribution >= 0.6 is 11.3 Å². The van der Waals surface area contributed by atoms with Gasteiger partial charge >= 0.3 is 12.1 Å². The molecule has 1 aliphatic carbocycles. The number of likely N-dealkylation sites (N-methyl/N-ethyl adjacent to an activating group) is 1. The number of nitrogens with one attached hydrogen (secondary N) is 1. The molecule has 182 valence electrons. The highest BCUT2D eigenvalue weighted by molar-refractivity contribution is 7.10. The zero-order valence-electron chi connectivity index (χ0n) is 19.6. The van der Waals surface area contributed by atoms with E-state index in [1.54, 1.807) is 26.0 Å². The van der Waals surface area contributed by atoms with Crippen LogP contribution in [0.3, 0.4) is 0 Å². The molecule has 3 aromatic rings. The minimum Gasteiger partial charge on any atom is -0.481 e. The first-order valence-electron chi connectivity index (χ1n) is 11.6. The summed E-state index contributed by atoms with van der Waals surface area (Å²) < 4.78 is 5.65. The van der Waals surface area contributed by atoms with Gasteiger partial charge in [-0.25, -0.2) is 4.79 Å². The van der Waals surface area contributed by atoms with Gasteiger partial charge in [-0.15, -0.1) is 11.3 Å². The normalized spacial score (nSPS) is 13.9. The van der Waals surface area contributed by atoms with E-state index < -0.39 is 24.1 Å². The topological polar surface area (TPSA) is 95.9 Å². The largest absolute Gasteiger partial charge is 0.481 e. The van der Waals surface area contributed by atoms with Crippen LogP contribution in [0, 0.1) is 0 Å². The van der Waals surface area contributed by atoms with Crippen LogP contribution in [0.4, 0.5) is 4.79 Å². The summed E-state index contributed by atoms with van der Waals surface area (Å²) in [6, 6.07) is 18.3. The second-order valence-electron chi connectivity index (χ2n) is 8.49. The fourth-order valence-electron chi connectivity index (χ4n) is 4.68. The lowest BCUT2D eigenvalue weighted by Gasteiger charge is -2.30. The smallest absolute Gasteiger partial charge is 0.408 e. The molecule has 1 aliphatic rings. The third-order valence-electron chi connectivity index (χ3n) is 6.31. The van der Waals surface area contributed by atoms with E-state index in [-0.39, 0.29) is 24.9 Å². The number of alkyl carbamates (subject to hydrolysis) is 1. The molecule has 0 bridgehead atoms. The average Bonchev–Trinajstić information content (AvgIpc) is 3.48. The molecule has 2 N–H and O–H groups in total. The fourth-order valence-corrected chi connectivity index (χ4v) is 5.45.